The van der Waals surface area contributed by atoms with Crippen molar-refractivity contribution in [3.63, 3.8) is 0 Å². The summed E-state index contributed by atoms with van der Waals surface area (Å²) < 4.78 is 29.7. The van der Waals surface area contributed by atoms with Gasteiger partial charge in [0.2, 0.25) is 0 Å². The fourth-order valence-corrected chi connectivity index (χ4v) is 3.14. The second-order valence-electron chi connectivity index (χ2n) is 3.04. The Morgan fingerprint density at radius 3 is 2.20 bits per heavy atom. The van der Waals surface area contributed by atoms with Crippen LogP contribution in [-0.2, 0) is 3.74 Å². The van der Waals surface area contributed by atoms with E-state index in [-0.39, 0.29) is 44.3 Å². The summed E-state index contributed by atoms with van der Waals surface area (Å²) in [5.74, 6) is 0. The first-order valence-corrected chi connectivity index (χ1v) is 7.51. The first kappa shape index (κ1) is 13.4. The van der Waals surface area contributed by atoms with E-state index in [9.17, 15) is 3.74 Å². The molecule has 72 valence electrons. The molecule has 0 aliphatic carbocycles. The molecule has 0 amide bonds. The monoisotopic (exact) mass is 484 g/mol. The van der Waals surface area contributed by atoms with Crippen molar-refractivity contribution in [3.8, 4) is 0 Å². The normalized spacial score (nSPS) is 11.1. The maximum absolute atomic E-state index is 11.2. The summed E-state index contributed by atoms with van der Waals surface area (Å²) in [6.07, 6.45) is 0. The molecule has 15 heavy (non-hydrogen) atoms. The Kier molecular flexibility index (Phi) is 4.54. The van der Waals surface area contributed by atoms with E-state index >= 15 is 0 Å². The summed E-state index contributed by atoms with van der Waals surface area (Å²) in [6.45, 7) is 0. The third-order valence-electron chi connectivity index (χ3n) is 2.08. The minimum atomic E-state index is -4.79. The standard InChI is InChI=1S/C10H9AsO3.Th/c12-11(13,14)10-7-3-5-8-4-1-2-6-9(8)10;/h1-7H,(H2,12,13,14);/q;+4. The average molecular weight is 484 g/mol. The van der Waals surface area contributed by atoms with Gasteiger partial charge >= 0.3 is 124 Å². The Hall–Kier alpha value is 0.303. The summed E-state index contributed by atoms with van der Waals surface area (Å²) in [5, 5.41) is 1.50. The van der Waals surface area contributed by atoms with E-state index in [1.54, 1.807) is 18.2 Å². The molecule has 0 fully saturated rings. The smallest absolute Gasteiger partial charge is 4.00 e. The quantitative estimate of drug-likeness (QED) is 0.577. The Labute approximate surface area is 122 Å². The summed E-state index contributed by atoms with van der Waals surface area (Å²) in [6, 6.07) is 12.2. The third kappa shape index (κ3) is 2.90. The van der Waals surface area contributed by atoms with Crippen molar-refractivity contribution in [1.82, 2.24) is 0 Å². The van der Waals surface area contributed by atoms with Crippen molar-refractivity contribution in [1.29, 1.82) is 0 Å². The fraction of sp³-hybridized carbons (Fsp3) is 0. The summed E-state index contributed by atoms with van der Waals surface area (Å²) in [7, 11) is 0. The van der Waals surface area contributed by atoms with Crippen LogP contribution in [0.2, 0.25) is 0 Å². The zero-order chi connectivity index (χ0) is 10.2. The van der Waals surface area contributed by atoms with Gasteiger partial charge in [-0.05, 0) is 0 Å². The van der Waals surface area contributed by atoms with Gasteiger partial charge in [0.25, 0.3) is 0 Å². The first-order valence-electron chi connectivity index (χ1n) is 4.13. The third-order valence-corrected chi connectivity index (χ3v) is 4.22. The minimum absolute atomic E-state index is 0. The van der Waals surface area contributed by atoms with Gasteiger partial charge in [0.15, 0.2) is 0 Å². The van der Waals surface area contributed by atoms with Crippen LogP contribution in [0.25, 0.3) is 10.8 Å². The van der Waals surface area contributed by atoms with Crippen molar-refractivity contribution >= 4 is 29.3 Å². The molecule has 2 rings (SSSR count). The molecular formula is C10H9AsO3Th+4. The Morgan fingerprint density at radius 2 is 1.53 bits per heavy atom. The van der Waals surface area contributed by atoms with Gasteiger partial charge in [0.1, 0.15) is 0 Å². The Bertz CT molecular complexity index is 516. The van der Waals surface area contributed by atoms with Gasteiger partial charge in [-0.1, -0.05) is 0 Å². The van der Waals surface area contributed by atoms with Gasteiger partial charge in [-0.25, -0.2) is 0 Å². The molecule has 0 atom stereocenters. The molecule has 0 spiro atoms. The first-order chi connectivity index (χ1) is 6.59. The van der Waals surface area contributed by atoms with Gasteiger partial charge in [-0.3, -0.25) is 0 Å². The van der Waals surface area contributed by atoms with E-state index in [2.05, 4.69) is 0 Å². The largest absolute Gasteiger partial charge is 4.00 e. The van der Waals surface area contributed by atoms with Crippen LogP contribution in [-0.4, -0.2) is 22.4 Å². The predicted octanol–water partition coefficient (Wildman–Crippen LogP) is 0.401. The molecule has 0 unspecified atom stereocenters. The Morgan fingerprint density at radius 1 is 0.933 bits per heavy atom. The van der Waals surface area contributed by atoms with E-state index in [0.29, 0.717) is 5.39 Å². The summed E-state index contributed by atoms with van der Waals surface area (Å²) >= 11 is -4.79. The van der Waals surface area contributed by atoms with Crippen LogP contribution < -0.4 is 4.35 Å². The molecule has 0 bridgehead atoms. The SMILES string of the molecule is O=[As](O)(O)c1cccc2ccccc12.[Th+4]. The predicted molar refractivity (Wildman–Crippen MR) is 54.5 cm³/mol. The molecule has 5 heteroatoms. The molecule has 0 saturated carbocycles. The number of hydrogen-bond acceptors (Lipinski definition) is 1. The molecule has 0 aliphatic heterocycles. The molecule has 2 N–H and O–H groups in total. The van der Waals surface area contributed by atoms with Crippen LogP contribution in [0.1, 0.15) is 0 Å². The Balaban J connectivity index is 0.00000112. The number of benzene rings is 2. The van der Waals surface area contributed by atoms with Gasteiger partial charge in [-0.15, -0.1) is 0 Å². The van der Waals surface area contributed by atoms with Crippen LogP contribution in [0.5, 0.6) is 0 Å². The van der Waals surface area contributed by atoms with Crippen molar-refractivity contribution in [3.05, 3.63) is 42.5 Å². The van der Waals surface area contributed by atoms with Crippen LogP contribution in [0.4, 0.5) is 0 Å². The topological polar surface area (TPSA) is 57.5 Å². The molecule has 0 aromatic heterocycles. The zero-order valence-corrected chi connectivity index (χ0v) is 13.8. The number of rotatable bonds is 1. The average Bonchev–Trinajstić information content (AvgIpc) is 2.15. The van der Waals surface area contributed by atoms with E-state index < -0.39 is 14.2 Å². The maximum Gasteiger partial charge on any atom is 4.00 e. The van der Waals surface area contributed by atoms with Gasteiger partial charge in [0, 0.05) is 0 Å². The minimum Gasteiger partial charge on any atom is 4.00 e. The summed E-state index contributed by atoms with van der Waals surface area (Å²) in [4.78, 5) is 0. The van der Waals surface area contributed by atoms with Gasteiger partial charge < -0.3 is 0 Å². The van der Waals surface area contributed by atoms with Crippen LogP contribution >= 0.6 is 0 Å². The van der Waals surface area contributed by atoms with Crippen molar-refractivity contribution < 1.29 is 51.9 Å². The zero-order valence-electron chi connectivity index (χ0n) is 7.79. The molecule has 2 aromatic rings. The van der Waals surface area contributed by atoms with E-state index in [1.165, 1.54) is 6.07 Å². The van der Waals surface area contributed by atoms with Crippen LogP contribution in [0.3, 0.4) is 0 Å². The second kappa shape index (κ2) is 5.09. The summed E-state index contributed by atoms with van der Waals surface area (Å²) in [5.41, 5.74) is 0. The molecule has 3 nitrogen and oxygen atoms in total. The molecule has 0 aliphatic rings. The number of hydrogen-bond donors (Lipinski definition) is 2. The van der Waals surface area contributed by atoms with E-state index in [1.807, 2.05) is 18.2 Å². The molecule has 0 radical (unpaired) electrons. The van der Waals surface area contributed by atoms with Crippen LogP contribution in [0.15, 0.2) is 42.5 Å². The molecule has 0 heterocycles. The molecular weight excluding hydrogens is 475 g/mol. The van der Waals surface area contributed by atoms with E-state index in [4.69, 9.17) is 8.19 Å². The van der Waals surface area contributed by atoms with E-state index in [0.717, 1.165) is 5.39 Å². The second-order valence-corrected chi connectivity index (χ2v) is 6.34. The number of fused-ring (bicyclic) bond motifs is 1. The van der Waals surface area contributed by atoms with Crippen molar-refractivity contribution in [2.24, 2.45) is 0 Å². The van der Waals surface area contributed by atoms with Crippen LogP contribution in [0, 0.1) is 39.9 Å². The van der Waals surface area contributed by atoms with Crippen molar-refractivity contribution in [2.75, 3.05) is 0 Å². The maximum atomic E-state index is 11.2. The van der Waals surface area contributed by atoms with Crippen molar-refractivity contribution in [2.45, 2.75) is 0 Å². The molecule has 0 saturated heterocycles. The molecule has 2 aromatic carbocycles. The van der Waals surface area contributed by atoms with Gasteiger partial charge in [0.05, 0.1) is 0 Å². The van der Waals surface area contributed by atoms with Gasteiger partial charge in [-0.2, -0.15) is 0 Å². The fourth-order valence-electron chi connectivity index (χ4n) is 1.46.